The molecule has 2 aromatic rings. The first-order valence-electron chi connectivity index (χ1n) is 5.82. The fourth-order valence-corrected chi connectivity index (χ4v) is 3.05. The van der Waals surface area contributed by atoms with Crippen molar-refractivity contribution in [3.05, 3.63) is 61.8 Å². The molecule has 0 spiro atoms. The third-order valence-electron chi connectivity index (χ3n) is 2.92. The van der Waals surface area contributed by atoms with Gasteiger partial charge >= 0.3 is 0 Å². The lowest BCUT2D eigenvalue weighted by molar-refractivity contribution is 0.589. The number of hydrogen-bond acceptors (Lipinski definition) is 2. The van der Waals surface area contributed by atoms with Gasteiger partial charge < -0.3 is 5.32 Å². The summed E-state index contributed by atoms with van der Waals surface area (Å²) in [7, 11) is 1.94. The Kier molecular flexibility index (Phi) is 5.39. The Balaban J connectivity index is 2.24. The van der Waals surface area contributed by atoms with E-state index in [2.05, 4.69) is 48.2 Å². The largest absolute Gasteiger partial charge is 0.313 e. The Morgan fingerprint density at radius 1 is 1.21 bits per heavy atom. The highest BCUT2D eigenvalue weighted by Gasteiger charge is 2.13. The molecule has 0 fully saturated rings. The van der Waals surface area contributed by atoms with E-state index in [1.165, 1.54) is 0 Å². The molecule has 0 radical (unpaired) electrons. The summed E-state index contributed by atoms with van der Waals surface area (Å²) in [6.07, 6.45) is 4.47. The quantitative estimate of drug-likeness (QED) is 0.795. The van der Waals surface area contributed by atoms with Crippen molar-refractivity contribution in [1.29, 1.82) is 0 Å². The van der Waals surface area contributed by atoms with Crippen LogP contribution >= 0.6 is 43.5 Å². The van der Waals surface area contributed by atoms with Crippen LogP contribution in [-0.4, -0.2) is 12.0 Å². The second kappa shape index (κ2) is 6.84. The van der Waals surface area contributed by atoms with E-state index in [1.54, 1.807) is 6.20 Å². The van der Waals surface area contributed by atoms with Crippen LogP contribution in [0.3, 0.4) is 0 Å². The van der Waals surface area contributed by atoms with Gasteiger partial charge in [0.2, 0.25) is 0 Å². The molecule has 0 bridgehead atoms. The molecule has 1 atom stereocenters. The highest BCUT2D eigenvalue weighted by molar-refractivity contribution is 9.10. The van der Waals surface area contributed by atoms with Gasteiger partial charge in [0.1, 0.15) is 0 Å². The Bertz CT molecular complexity index is 575. The smallest absolute Gasteiger partial charge is 0.0449 e. The van der Waals surface area contributed by atoms with Crippen LogP contribution in [-0.2, 0) is 6.42 Å². The zero-order chi connectivity index (χ0) is 13.8. The molecular weight excluding hydrogens is 391 g/mol. The highest BCUT2D eigenvalue weighted by Crippen LogP contribution is 2.26. The minimum atomic E-state index is 0.184. The Morgan fingerprint density at radius 3 is 2.63 bits per heavy atom. The average molecular weight is 405 g/mol. The summed E-state index contributed by atoms with van der Waals surface area (Å²) in [5.74, 6) is 0. The van der Waals surface area contributed by atoms with E-state index < -0.39 is 0 Å². The van der Waals surface area contributed by atoms with Crippen molar-refractivity contribution in [1.82, 2.24) is 10.3 Å². The van der Waals surface area contributed by atoms with E-state index in [9.17, 15) is 0 Å². The van der Waals surface area contributed by atoms with Crippen LogP contribution in [0.15, 0.2) is 45.6 Å². The molecule has 5 heteroatoms. The van der Waals surface area contributed by atoms with Crippen molar-refractivity contribution in [2.45, 2.75) is 12.5 Å². The number of benzene rings is 1. The Labute approximate surface area is 134 Å². The fraction of sp³-hybridized carbons (Fsp3) is 0.214. The third kappa shape index (κ3) is 4.02. The highest BCUT2D eigenvalue weighted by atomic mass is 79.9. The number of nitrogens with zero attached hydrogens (tertiary/aromatic N) is 1. The van der Waals surface area contributed by atoms with E-state index in [0.717, 1.165) is 31.5 Å². The maximum absolute atomic E-state index is 6.27. The monoisotopic (exact) mass is 402 g/mol. The van der Waals surface area contributed by atoms with Crippen LogP contribution in [0.5, 0.6) is 0 Å². The molecule has 0 aliphatic rings. The average Bonchev–Trinajstić information content (AvgIpc) is 2.38. The second-order valence-electron chi connectivity index (χ2n) is 4.22. The van der Waals surface area contributed by atoms with Gasteiger partial charge in [0.15, 0.2) is 0 Å². The Morgan fingerprint density at radius 2 is 2.00 bits per heavy atom. The van der Waals surface area contributed by atoms with Crippen molar-refractivity contribution in [2.24, 2.45) is 0 Å². The minimum Gasteiger partial charge on any atom is -0.313 e. The first-order chi connectivity index (χ1) is 9.10. The molecule has 0 amide bonds. The zero-order valence-corrected chi connectivity index (χ0v) is 14.3. The number of aromatic nitrogens is 1. The standard InChI is InChI=1S/C14H13Br2ClN2/c1-18-14(10-4-12(16)8-19-7-10)5-9-2-3-11(15)6-13(9)17/h2-4,6-8,14,18H,5H2,1H3. The molecule has 1 aromatic heterocycles. The molecule has 1 unspecified atom stereocenters. The van der Waals surface area contributed by atoms with Crippen molar-refractivity contribution in [2.75, 3.05) is 7.05 Å². The minimum absolute atomic E-state index is 0.184. The summed E-state index contributed by atoms with van der Waals surface area (Å²) in [6, 6.07) is 8.22. The fourth-order valence-electron chi connectivity index (χ4n) is 1.91. The van der Waals surface area contributed by atoms with E-state index in [-0.39, 0.29) is 6.04 Å². The number of rotatable bonds is 4. The van der Waals surface area contributed by atoms with Gasteiger partial charge in [-0.25, -0.2) is 0 Å². The predicted octanol–water partition coefficient (Wildman–Crippen LogP) is 4.76. The summed E-state index contributed by atoms with van der Waals surface area (Å²) in [5, 5.41) is 4.08. The molecule has 0 aliphatic heterocycles. The van der Waals surface area contributed by atoms with E-state index in [1.807, 2.05) is 31.4 Å². The number of likely N-dealkylation sites (N-methyl/N-ethyl adjacent to an activating group) is 1. The van der Waals surface area contributed by atoms with Gasteiger partial charge in [-0.1, -0.05) is 33.6 Å². The first kappa shape index (κ1) is 15.0. The van der Waals surface area contributed by atoms with Crippen LogP contribution in [0.2, 0.25) is 5.02 Å². The number of nitrogens with one attached hydrogen (secondary N) is 1. The van der Waals surface area contributed by atoms with Gasteiger partial charge in [0, 0.05) is 32.4 Å². The topological polar surface area (TPSA) is 24.9 Å². The van der Waals surface area contributed by atoms with Gasteiger partial charge in [-0.3, -0.25) is 4.98 Å². The van der Waals surface area contributed by atoms with Crippen molar-refractivity contribution < 1.29 is 0 Å². The lowest BCUT2D eigenvalue weighted by Gasteiger charge is -2.17. The van der Waals surface area contributed by atoms with Crippen molar-refractivity contribution in [3.63, 3.8) is 0 Å². The van der Waals surface area contributed by atoms with Crippen LogP contribution in [0.25, 0.3) is 0 Å². The lowest BCUT2D eigenvalue weighted by Crippen LogP contribution is -2.19. The molecule has 100 valence electrons. The third-order valence-corrected chi connectivity index (χ3v) is 4.19. The molecule has 2 nitrogen and oxygen atoms in total. The molecule has 1 aromatic carbocycles. The van der Waals surface area contributed by atoms with E-state index in [0.29, 0.717) is 0 Å². The van der Waals surface area contributed by atoms with E-state index in [4.69, 9.17) is 11.6 Å². The first-order valence-corrected chi connectivity index (χ1v) is 7.78. The number of halogens is 3. The van der Waals surface area contributed by atoms with Gasteiger partial charge in [0.05, 0.1) is 0 Å². The van der Waals surface area contributed by atoms with Gasteiger partial charge in [-0.2, -0.15) is 0 Å². The molecule has 1 heterocycles. The zero-order valence-electron chi connectivity index (χ0n) is 10.3. The predicted molar refractivity (Wildman–Crippen MR) is 86.6 cm³/mol. The summed E-state index contributed by atoms with van der Waals surface area (Å²) in [5.41, 5.74) is 2.25. The summed E-state index contributed by atoms with van der Waals surface area (Å²) >= 11 is 13.1. The normalized spacial score (nSPS) is 12.4. The van der Waals surface area contributed by atoms with E-state index >= 15 is 0 Å². The van der Waals surface area contributed by atoms with Crippen LogP contribution in [0, 0.1) is 0 Å². The molecular formula is C14H13Br2ClN2. The number of hydrogen-bond donors (Lipinski definition) is 1. The van der Waals surface area contributed by atoms with Crippen LogP contribution < -0.4 is 5.32 Å². The molecule has 19 heavy (non-hydrogen) atoms. The van der Waals surface area contributed by atoms with Gasteiger partial charge in [-0.15, -0.1) is 0 Å². The van der Waals surface area contributed by atoms with Crippen LogP contribution in [0.4, 0.5) is 0 Å². The second-order valence-corrected chi connectivity index (χ2v) is 6.46. The van der Waals surface area contributed by atoms with Gasteiger partial charge in [0.25, 0.3) is 0 Å². The van der Waals surface area contributed by atoms with Crippen LogP contribution in [0.1, 0.15) is 17.2 Å². The summed E-state index contributed by atoms with van der Waals surface area (Å²) in [6.45, 7) is 0. The molecule has 0 saturated heterocycles. The number of pyridine rings is 1. The molecule has 1 N–H and O–H groups in total. The Hall–Kier alpha value is -0.420. The van der Waals surface area contributed by atoms with Crippen molar-refractivity contribution in [3.8, 4) is 0 Å². The lowest BCUT2D eigenvalue weighted by atomic mass is 10.0. The summed E-state index contributed by atoms with van der Waals surface area (Å²) in [4.78, 5) is 4.20. The SMILES string of the molecule is CNC(Cc1ccc(Br)cc1Cl)c1cncc(Br)c1. The molecule has 0 aliphatic carbocycles. The summed E-state index contributed by atoms with van der Waals surface area (Å²) < 4.78 is 1.97. The maximum atomic E-state index is 6.27. The maximum Gasteiger partial charge on any atom is 0.0449 e. The molecule has 0 saturated carbocycles. The molecule has 2 rings (SSSR count). The van der Waals surface area contributed by atoms with Gasteiger partial charge in [-0.05, 0) is 58.7 Å². The van der Waals surface area contributed by atoms with Crippen molar-refractivity contribution >= 4 is 43.5 Å².